The number of thiazole rings is 1. The van der Waals surface area contributed by atoms with Gasteiger partial charge in [-0.05, 0) is 59.7 Å². The number of imide groups is 1. The van der Waals surface area contributed by atoms with Gasteiger partial charge in [-0.25, -0.2) is 9.29 Å². The van der Waals surface area contributed by atoms with Gasteiger partial charge in [0.1, 0.15) is 17.7 Å². The third-order valence-electron chi connectivity index (χ3n) is 6.74. The summed E-state index contributed by atoms with van der Waals surface area (Å²) in [6, 6.07) is 17.9. The molecule has 3 heterocycles. The predicted molar refractivity (Wildman–Crippen MR) is 148 cm³/mol. The zero-order valence-corrected chi connectivity index (χ0v) is 22.7. The molecule has 4 aromatic rings. The number of aromatic nitrogens is 1. The van der Waals surface area contributed by atoms with Crippen molar-refractivity contribution < 1.29 is 23.5 Å². The summed E-state index contributed by atoms with van der Waals surface area (Å²) in [6.45, 7) is 0.268. The molecule has 2 aliphatic heterocycles. The van der Waals surface area contributed by atoms with E-state index >= 15 is 0 Å². The number of thioether (sulfide) groups is 1. The fourth-order valence-corrected chi connectivity index (χ4v) is 7.73. The first kappa shape index (κ1) is 25.7. The van der Waals surface area contributed by atoms with Gasteiger partial charge in [-0.15, -0.1) is 0 Å². The molecule has 1 N–H and O–H groups in total. The smallest absolute Gasteiger partial charge is 0.305 e. The summed E-state index contributed by atoms with van der Waals surface area (Å²) in [6.07, 6.45) is 0. The molecule has 2 aliphatic rings. The molecule has 0 saturated carbocycles. The highest BCUT2D eigenvalue weighted by Gasteiger charge is 2.56. The molecule has 11 heteroatoms. The van der Waals surface area contributed by atoms with Crippen molar-refractivity contribution in [2.24, 2.45) is 5.92 Å². The lowest BCUT2D eigenvalue weighted by atomic mass is 9.83. The Hall–Kier alpha value is -3.60. The molecule has 3 atom stereocenters. The Bertz CT molecular complexity index is 1650. The molecule has 2 amide bonds. The molecule has 1 fully saturated rings. The van der Waals surface area contributed by atoms with Crippen molar-refractivity contribution in [2.75, 3.05) is 12.0 Å². The van der Waals surface area contributed by atoms with E-state index in [0.29, 0.717) is 37.7 Å². The Balaban J connectivity index is 1.37. The first-order valence-electron chi connectivity index (χ1n) is 11.9. The molecular formula is C28H20ClFN2O5S2. The summed E-state index contributed by atoms with van der Waals surface area (Å²) in [7, 11) is 1.52. The van der Waals surface area contributed by atoms with Crippen LogP contribution in [-0.2, 0) is 16.2 Å². The van der Waals surface area contributed by atoms with Gasteiger partial charge in [0, 0.05) is 15.8 Å². The molecule has 6 rings (SSSR count). The van der Waals surface area contributed by atoms with Crippen LogP contribution in [0, 0.1) is 11.7 Å². The van der Waals surface area contributed by atoms with Crippen molar-refractivity contribution in [1.29, 1.82) is 0 Å². The summed E-state index contributed by atoms with van der Waals surface area (Å²) in [5.41, 5.74) is 1.90. The van der Waals surface area contributed by atoms with Gasteiger partial charge in [-0.1, -0.05) is 52.9 Å². The van der Waals surface area contributed by atoms with E-state index in [9.17, 15) is 18.8 Å². The average molecular weight is 583 g/mol. The van der Waals surface area contributed by atoms with Crippen LogP contribution >= 0.6 is 34.7 Å². The van der Waals surface area contributed by atoms with E-state index < -0.39 is 34.7 Å². The van der Waals surface area contributed by atoms with Crippen LogP contribution in [0.1, 0.15) is 21.9 Å². The van der Waals surface area contributed by atoms with Gasteiger partial charge in [-0.3, -0.25) is 14.4 Å². The number of halogens is 2. The second-order valence-electron chi connectivity index (χ2n) is 9.07. The number of ether oxygens (including phenoxy) is 2. The molecule has 1 aromatic heterocycles. The van der Waals surface area contributed by atoms with Crippen LogP contribution in [-0.4, -0.2) is 29.2 Å². The highest BCUT2D eigenvalue weighted by atomic mass is 35.5. The fraction of sp³-hybridized carbons (Fsp3) is 0.179. The van der Waals surface area contributed by atoms with E-state index in [1.807, 2.05) is 24.3 Å². The number of amides is 2. The monoisotopic (exact) mass is 582 g/mol. The van der Waals surface area contributed by atoms with Gasteiger partial charge < -0.3 is 14.5 Å². The lowest BCUT2D eigenvalue weighted by Crippen LogP contribution is -2.32. The van der Waals surface area contributed by atoms with Crippen molar-refractivity contribution in [3.8, 4) is 11.5 Å². The second kappa shape index (κ2) is 10.2. The lowest BCUT2D eigenvalue weighted by molar-refractivity contribution is -0.122. The number of H-pyrrole nitrogens is 1. The number of carbonyl (C=O) groups excluding carboxylic acids is 2. The highest BCUT2D eigenvalue weighted by Crippen LogP contribution is 2.53. The summed E-state index contributed by atoms with van der Waals surface area (Å²) in [5, 5.41) is 0.420. The number of benzene rings is 3. The van der Waals surface area contributed by atoms with E-state index in [-0.39, 0.29) is 11.5 Å². The van der Waals surface area contributed by atoms with Crippen LogP contribution in [0.5, 0.6) is 11.5 Å². The quantitative estimate of drug-likeness (QED) is 0.297. The number of methoxy groups -OCH3 is 1. The number of fused-ring (bicyclic) bond motifs is 2. The fourth-order valence-electron chi connectivity index (χ4n) is 5.01. The minimum Gasteiger partial charge on any atom is -0.493 e. The zero-order valence-electron chi connectivity index (χ0n) is 20.4. The first-order valence-corrected chi connectivity index (χ1v) is 14.0. The average Bonchev–Trinajstić information content (AvgIpc) is 3.42. The summed E-state index contributed by atoms with van der Waals surface area (Å²) in [4.78, 5) is 44.0. The molecule has 7 nitrogen and oxygen atoms in total. The summed E-state index contributed by atoms with van der Waals surface area (Å²) >= 11 is 8.29. The van der Waals surface area contributed by atoms with Gasteiger partial charge in [0.25, 0.3) is 0 Å². The molecule has 0 bridgehead atoms. The van der Waals surface area contributed by atoms with E-state index in [4.69, 9.17) is 21.1 Å². The molecule has 0 spiro atoms. The van der Waals surface area contributed by atoms with Crippen LogP contribution in [0.15, 0.2) is 76.6 Å². The van der Waals surface area contributed by atoms with E-state index in [1.165, 1.54) is 43.1 Å². The van der Waals surface area contributed by atoms with Crippen molar-refractivity contribution in [1.82, 2.24) is 4.98 Å². The maximum Gasteiger partial charge on any atom is 0.305 e. The summed E-state index contributed by atoms with van der Waals surface area (Å²) in [5.74, 6) is -1.68. The number of rotatable bonds is 6. The minimum atomic E-state index is -0.769. The van der Waals surface area contributed by atoms with Crippen molar-refractivity contribution in [3.05, 3.63) is 103 Å². The highest BCUT2D eigenvalue weighted by molar-refractivity contribution is 8.00. The molecule has 0 aliphatic carbocycles. The van der Waals surface area contributed by atoms with Crippen LogP contribution in [0.2, 0.25) is 5.02 Å². The van der Waals surface area contributed by atoms with Crippen molar-refractivity contribution in [2.45, 2.75) is 22.8 Å². The van der Waals surface area contributed by atoms with Crippen LogP contribution in [0.25, 0.3) is 0 Å². The topological polar surface area (TPSA) is 88.7 Å². The second-order valence-corrected chi connectivity index (χ2v) is 11.7. The molecule has 0 radical (unpaired) electrons. The number of hydrogen-bond donors (Lipinski definition) is 1. The van der Waals surface area contributed by atoms with Crippen molar-refractivity contribution >= 4 is 52.2 Å². The molecule has 1 saturated heterocycles. The van der Waals surface area contributed by atoms with Gasteiger partial charge >= 0.3 is 4.87 Å². The molecule has 3 aromatic carbocycles. The predicted octanol–water partition coefficient (Wildman–Crippen LogP) is 5.61. The number of carbonyl (C=O) groups is 2. The lowest BCUT2D eigenvalue weighted by Gasteiger charge is -2.30. The SMILES string of the molecule is COc1cc([C@H]2c3sc(=O)[nH]c3SC3C(=O)N(c4ccc(F)cc4)C(=O)C32)ccc1OCc1cccc(Cl)c1. The Morgan fingerprint density at radius 3 is 2.54 bits per heavy atom. The third-order valence-corrected chi connectivity index (χ3v) is 9.38. The standard InChI is InChI=1S/C28H20ClFN2O5S2/c1-36-20-12-15(5-10-19(20)37-13-14-3-2-4-16(29)11-14)21-22-24(38-25-23(21)39-28(35)31-25)27(34)32(26(22)33)18-8-6-17(30)7-9-18/h2-12,21-22,24H,13H2,1H3,(H,31,35)/t21-,22?,24?/m1/s1. The molecule has 198 valence electrons. The number of nitrogens with zero attached hydrogens (tertiary/aromatic N) is 1. The Labute approximate surface area is 235 Å². The van der Waals surface area contributed by atoms with Gasteiger partial charge in [0.15, 0.2) is 11.5 Å². The largest absolute Gasteiger partial charge is 0.493 e. The Morgan fingerprint density at radius 1 is 1.00 bits per heavy atom. The van der Waals surface area contributed by atoms with E-state index in [1.54, 1.807) is 18.2 Å². The van der Waals surface area contributed by atoms with Crippen LogP contribution in [0.4, 0.5) is 10.1 Å². The zero-order chi connectivity index (χ0) is 27.3. The maximum atomic E-state index is 13.8. The maximum absolute atomic E-state index is 13.8. The molecular weight excluding hydrogens is 563 g/mol. The van der Waals surface area contributed by atoms with E-state index in [0.717, 1.165) is 21.8 Å². The normalized spacial score (nSPS) is 20.1. The molecule has 2 unspecified atom stereocenters. The van der Waals surface area contributed by atoms with Gasteiger partial charge in [0.05, 0.1) is 23.7 Å². The van der Waals surface area contributed by atoms with Crippen LogP contribution < -0.4 is 19.2 Å². The molecule has 39 heavy (non-hydrogen) atoms. The van der Waals surface area contributed by atoms with Gasteiger partial charge in [-0.2, -0.15) is 0 Å². The number of aromatic amines is 1. The Kier molecular flexibility index (Phi) is 6.70. The number of anilines is 1. The van der Waals surface area contributed by atoms with Gasteiger partial charge in [0.2, 0.25) is 11.8 Å². The first-order chi connectivity index (χ1) is 18.8. The number of nitrogens with one attached hydrogen (secondary N) is 1. The number of hydrogen-bond acceptors (Lipinski definition) is 7. The summed E-state index contributed by atoms with van der Waals surface area (Å²) < 4.78 is 25.2. The van der Waals surface area contributed by atoms with Crippen LogP contribution in [0.3, 0.4) is 0 Å². The van der Waals surface area contributed by atoms with E-state index in [2.05, 4.69) is 4.98 Å². The third kappa shape index (κ3) is 4.62. The van der Waals surface area contributed by atoms with Crippen molar-refractivity contribution in [3.63, 3.8) is 0 Å². The Morgan fingerprint density at radius 2 is 1.79 bits per heavy atom. The minimum absolute atomic E-state index is 0.263.